The SMILES string of the molecule is O=C(Cc1ccc(-n2cccn2)cc1)Nc1ccc(Cl)c(S(=O)(=O)N2CCCCC2)c1. The summed E-state index contributed by atoms with van der Waals surface area (Å²) in [5.74, 6) is -0.240. The van der Waals surface area contributed by atoms with Gasteiger partial charge in [0.25, 0.3) is 0 Å². The summed E-state index contributed by atoms with van der Waals surface area (Å²) in [7, 11) is -3.69. The van der Waals surface area contributed by atoms with Crippen molar-refractivity contribution in [2.24, 2.45) is 0 Å². The molecule has 2 heterocycles. The van der Waals surface area contributed by atoms with E-state index in [-0.39, 0.29) is 22.2 Å². The highest BCUT2D eigenvalue weighted by molar-refractivity contribution is 7.89. The molecule has 1 aliphatic rings. The first-order valence-electron chi connectivity index (χ1n) is 10.1. The predicted octanol–water partition coefficient (Wildman–Crippen LogP) is 3.88. The van der Waals surface area contributed by atoms with Crippen molar-refractivity contribution in [1.82, 2.24) is 14.1 Å². The standard InChI is InChI=1S/C22H23ClN4O3S/c23-20-10-7-18(16-21(20)31(29,30)26-12-2-1-3-13-26)25-22(28)15-17-5-8-19(9-6-17)27-14-4-11-24-27/h4-11,14,16H,1-3,12-13,15H2,(H,25,28). The maximum Gasteiger partial charge on any atom is 0.244 e. The van der Waals surface area contributed by atoms with Crippen LogP contribution in [-0.4, -0.2) is 41.5 Å². The second-order valence-electron chi connectivity index (χ2n) is 7.45. The van der Waals surface area contributed by atoms with Crippen molar-refractivity contribution in [2.45, 2.75) is 30.6 Å². The number of nitrogens with zero attached hydrogens (tertiary/aromatic N) is 3. The molecular weight excluding hydrogens is 436 g/mol. The number of nitrogens with one attached hydrogen (secondary N) is 1. The van der Waals surface area contributed by atoms with Gasteiger partial charge in [0, 0.05) is 31.2 Å². The zero-order chi connectivity index (χ0) is 21.8. The van der Waals surface area contributed by atoms with Crippen LogP contribution in [-0.2, 0) is 21.2 Å². The van der Waals surface area contributed by atoms with E-state index in [1.54, 1.807) is 16.9 Å². The second kappa shape index (κ2) is 9.21. The summed E-state index contributed by atoms with van der Waals surface area (Å²) < 4.78 is 29.2. The van der Waals surface area contributed by atoms with Crippen molar-refractivity contribution in [3.8, 4) is 5.69 Å². The van der Waals surface area contributed by atoms with Crippen LogP contribution in [0.3, 0.4) is 0 Å². The zero-order valence-corrected chi connectivity index (χ0v) is 18.4. The fourth-order valence-corrected chi connectivity index (χ4v) is 5.62. The Labute approximate surface area is 186 Å². The van der Waals surface area contributed by atoms with Crippen LogP contribution in [0.1, 0.15) is 24.8 Å². The number of carbonyl (C=O) groups excluding carboxylic acids is 1. The quantitative estimate of drug-likeness (QED) is 0.607. The van der Waals surface area contributed by atoms with E-state index in [9.17, 15) is 13.2 Å². The van der Waals surface area contributed by atoms with Gasteiger partial charge in [-0.1, -0.05) is 30.2 Å². The monoisotopic (exact) mass is 458 g/mol. The minimum Gasteiger partial charge on any atom is -0.326 e. The molecule has 4 rings (SSSR count). The summed E-state index contributed by atoms with van der Waals surface area (Å²) in [5.41, 5.74) is 2.14. The third-order valence-electron chi connectivity index (χ3n) is 5.22. The van der Waals surface area contributed by atoms with E-state index in [0.29, 0.717) is 18.8 Å². The molecule has 9 heteroatoms. The van der Waals surface area contributed by atoms with Crippen LogP contribution < -0.4 is 5.32 Å². The van der Waals surface area contributed by atoms with Gasteiger partial charge >= 0.3 is 0 Å². The zero-order valence-electron chi connectivity index (χ0n) is 16.9. The normalized spacial score (nSPS) is 15.0. The number of carbonyl (C=O) groups is 1. The first-order valence-corrected chi connectivity index (χ1v) is 11.9. The van der Waals surface area contributed by atoms with Crippen molar-refractivity contribution in [1.29, 1.82) is 0 Å². The number of aromatic nitrogens is 2. The lowest BCUT2D eigenvalue weighted by Crippen LogP contribution is -2.35. The average Bonchev–Trinajstić information content (AvgIpc) is 3.31. The number of halogens is 1. The molecule has 0 aliphatic carbocycles. The van der Waals surface area contributed by atoms with Gasteiger partial charge in [0.05, 0.1) is 17.1 Å². The number of hydrogen-bond acceptors (Lipinski definition) is 4. The number of hydrogen-bond donors (Lipinski definition) is 1. The van der Waals surface area contributed by atoms with Gasteiger partial charge in [0.1, 0.15) is 4.90 Å². The molecule has 1 N–H and O–H groups in total. The van der Waals surface area contributed by atoms with Crippen molar-refractivity contribution >= 4 is 33.2 Å². The molecule has 1 aromatic heterocycles. The summed E-state index contributed by atoms with van der Waals surface area (Å²) in [6.07, 6.45) is 6.42. The van der Waals surface area contributed by atoms with Crippen LogP contribution >= 0.6 is 11.6 Å². The smallest absolute Gasteiger partial charge is 0.244 e. The van der Waals surface area contributed by atoms with E-state index in [2.05, 4.69) is 10.4 Å². The van der Waals surface area contributed by atoms with Crippen LogP contribution in [0.15, 0.2) is 65.8 Å². The second-order valence-corrected chi connectivity index (χ2v) is 9.77. The Bertz CT molecular complexity index is 1160. The summed E-state index contributed by atoms with van der Waals surface area (Å²) in [6.45, 7) is 0.980. The van der Waals surface area contributed by atoms with Gasteiger partial charge in [0.2, 0.25) is 15.9 Å². The number of anilines is 1. The molecule has 0 radical (unpaired) electrons. The van der Waals surface area contributed by atoms with E-state index in [0.717, 1.165) is 30.5 Å². The molecule has 1 fully saturated rings. The molecule has 162 valence electrons. The summed E-state index contributed by atoms with van der Waals surface area (Å²) in [4.78, 5) is 12.5. The van der Waals surface area contributed by atoms with Crippen molar-refractivity contribution in [3.63, 3.8) is 0 Å². The first-order chi connectivity index (χ1) is 14.9. The van der Waals surface area contributed by atoms with E-state index in [1.165, 1.54) is 16.4 Å². The Morgan fingerprint density at radius 2 is 1.81 bits per heavy atom. The lowest BCUT2D eigenvalue weighted by molar-refractivity contribution is -0.115. The summed E-state index contributed by atoms with van der Waals surface area (Å²) in [5, 5.41) is 7.10. The van der Waals surface area contributed by atoms with Gasteiger partial charge in [0.15, 0.2) is 0 Å². The Kier molecular flexibility index (Phi) is 6.41. The van der Waals surface area contributed by atoms with Gasteiger partial charge in [-0.2, -0.15) is 9.40 Å². The van der Waals surface area contributed by atoms with Crippen LogP contribution in [0.4, 0.5) is 5.69 Å². The highest BCUT2D eigenvalue weighted by atomic mass is 35.5. The molecule has 0 bridgehead atoms. The maximum atomic E-state index is 13.0. The third kappa shape index (κ3) is 4.98. The predicted molar refractivity (Wildman–Crippen MR) is 120 cm³/mol. The molecule has 1 aliphatic heterocycles. The molecule has 7 nitrogen and oxygen atoms in total. The molecular formula is C22H23ClN4O3S. The van der Waals surface area contributed by atoms with Crippen LogP contribution in [0.2, 0.25) is 5.02 Å². The van der Waals surface area contributed by atoms with Crippen LogP contribution in [0.25, 0.3) is 5.69 Å². The van der Waals surface area contributed by atoms with Gasteiger partial charge < -0.3 is 5.32 Å². The molecule has 0 unspecified atom stereocenters. The minimum atomic E-state index is -3.69. The first kappa shape index (κ1) is 21.5. The fourth-order valence-electron chi connectivity index (χ4n) is 3.60. The minimum absolute atomic E-state index is 0.0254. The Balaban J connectivity index is 1.45. The van der Waals surface area contributed by atoms with Gasteiger partial charge in [-0.25, -0.2) is 13.1 Å². The van der Waals surface area contributed by atoms with Crippen molar-refractivity contribution in [2.75, 3.05) is 18.4 Å². The highest BCUT2D eigenvalue weighted by Crippen LogP contribution is 2.29. The number of amides is 1. The number of sulfonamides is 1. The van der Waals surface area contributed by atoms with E-state index >= 15 is 0 Å². The highest BCUT2D eigenvalue weighted by Gasteiger charge is 2.28. The Morgan fingerprint density at radius 1 is 1.06 bits per heavy atom. The van der Waals surface area contributed by atoms with Crippen LogP contribution in [0.5, 0.6) is 0 Å². The number of benzene rings is 2. The van der Waals surface area contributed by atoms with Crippen molar-refractivity contribution in [3.05, 3.63) is 71.5 Å². The van der Waals surface area contributed by atoms with E-state index in [4.69, 9.17) is 11.6 Å². The molecule has 31 heavy (non-hydrogen) atoms. The van der Waals surface area contributed by atoms with Crippen LogP contribution in [0, 0.1) is 0 Å². The van der Waals surface area contributed by atoms with E-state index in [1.807, 2.05) is 36.5 Å². The lowest BCUT2D eigenvalue weighted by atomic mass is 10.1. The summed E-state index contributed by atoms with van der Waals surface area (Å²) >= 11 is 6.20. The molecule has 1 amide bonds. The maximum absolute atomic E-state index is 13.0. The largest absolute Gasteiger partial charge is 0.326 e. The Morgan fingerprint density at radius 3 is 2.48 bits per heavy atom. The summed E-state index contributed by atoms with van der Waals surface area (Å²) in [6, 6.07) is 13.9. The Hall–Kier alpha value is -2.68. The van der Waals surface area contributed by atoms with Gasteiger partial charge in [-0.3, -0.25) is 4.79 Å². The van der Waals surface area contributed by atoms with Crippen molar-refractivity contribution < 1.29 is 13.2 Å². The lowest BCUT2D eigenvalue weighted by Gasteiger charge is -2.26. The molecule has 0 spiro atoms. The molecule has 2 aromatic carbocycles. The third-order valence-corrected chi connectivity index (χ3v) is 7.60. The number of piperidine rings is 1. The topological polar surface area (TPSA) is 84.3 Å². The number of rotatable bonds is 6. The molecule has 1 saturated heterocycles. The molecule has 0 saturated carbocycles. The fraction of sp³-hybridized carbons (Fsp3) is 0.273. The average molecular weight is 459 g/mol. The van der Waals surface area contributed by atoms with Gasteiger partial charge in [-0.05, 0) is 54.8 Å². The van der Waals surface area contributed by atoms with E-state index < -0.39 is 10.0 Å². The molecule has 3 aromatic rings. The molecule has 0 atom stereocenters. The van der Waals surface area contributed by atoms with Gasteiger partial charge in [-0.15, -0.1) is 0 Å².